The Morgan fingerprint density at radius 1 is 1.20 bits per heavy atom. The normalized spacial score (nSPS) is 12.8. The van der Waals surface area contributed by atoms with E-state index in [9.17, 15) is 0 Å². The van der Waals surface area contributed by atoms with Gasteiger partial charge >= 0.3 is 0 Å². The zero-order chi connectivity index (χ0) is 8.15. The molecule has 0 atom stereocenters. The second kappa shape index (κ2) is 4.81. The maximum Gasteiger partial charge on any atom is 0.0326 e. The molecule has 0 aromatic carbocycles. The molecule has 0 saturated heterocycles. The maximum atomic E-state index is 5.77. The highest BCUT2D eigenvalue weighted by Crippen LogP contribution is 2.19. The topological polar surface area (TPSA) is 0 Å². The summed E-state index contributed by atoms with van der Waals surface area (Å²) in [5.41, 5.74) is 1.14. The van der Waals surface area contributed by atoms with Crippen molar-refractivity contribution in [2.45, 2.75) is 26.7 Å². The summed E-state index contributed by atoms with van der Waals surface area (Å²) in [5.74, 6) is 0. The Morgan fingerprint density at radius 3 is 2.00 bits per heavy atom. The lowest BCUT2D eigenvalue weighted by Gasteiger charge is -1.98. The van der Waals surface area contributed by atoms with E-state index in [1.54, 1.807) is 6.92 Å². The van der Waals surface area contributed by atoms with Gasteiger partial charge < -0.3 is 0 Å². The molecule has 0 aliphatic rings. The molecule has 0 rings (SSSR count). The van der Waals surface area contributed by atoms with Gasteiger partial charge in [-0.15, -0.1) is 6.58 Å². The summed E-state index contributed by atoms with van der Waals surface area (Å²) in [7, 11) is 0. The third-order valence-corrected chi connectivity index (χ3v) is 1.94. The van der Waals surface area contributed by atoms with Gasteiger partial charge in [-0.1, -0.05) is 28.8 Å². The van der Waals surface area contributed by atoms with E-state index in [-0.39, 0.29) is 0 Å². The minimum absolute atomic E-state index is 0.683. The Hall–Kier alpha value is 0.0600. The average molecular weight is 179 g/mol. The van der Waals surface area contributed by atoms with Crippen LogP contribution in [0.25, 0.3) is 0 Å². The molecule has 2 heteroatoms. The SMILES string of the molecule is C=C(C)CC/C(Cl)=C(\C)Cl. The molecular formula is C8H12Cl2. The van der Waals surface area contributed by atoms with Gasteiger partial charge in [-0.05, 0) is 26.7 Å². The standard InChI is InChI=1S/C8H12Cl2/c1-6(2)4-5-8(10)7(3)9/h1,4-5H2,2-3H3/b8-7-. The Bertz CT molecular complexity index is 153. The van der Waals surface area contributed by atoms with E-state index in [0.717, 1.165) is 23.4 Å². The van der Waals surface area contributed by atoms with Gasteiger partial charge in [0.25, 0.3) is 0 Å². The summed E-state index contributed by atoms with van der Waals surface area (Å²) < 4.78 is 0. The summed E-state index contributed by atoms with van der Waals surface area (Å²) >= 11 is 11.4. The van der Waals surface area contributed by atoms with E-state index in [4.69, 9.17) is 23.2 Å². The zero-order valence-corrected chi connectivity index (χ0v) is 7.89. The van der Waals surface area contributed by atoms with Crippen LogP contribution < -0.4 is 0 Å². The Morgan fingerprint density at radius 2 is 1.70 bits per heavy atom. The Labute approximate surface area is 72.5 Å². The molecule has 0 heterocycles. The fourth-order valence-electron chi connectivity index (χ4n) is 0.495. The van der Waals surface area contributed by atoms with Crippen molar-refractivity contribution in [3.8, 4) is 0 Å². The molecule has 0 radical (unpaired) electrons. The van der Waals surface area contributed by atoms with Crippen molar-refractivity contribution in [3.63, 3.8) is 0 Å². The van der Waals surface area contributed by atoms with Gasteiger partial charge in [-0.2, -0.15) is 0 Å². The first kappa shape index (κ1) is 10.1. The summed E-state index contributed by atoms with van der Waals surface area (Å²) in [6.07, 6.45) is 1.73. The molecule has 0 aromatic rings. The summed E-state index contributed by atoms with van der Waals surface area (Å²) in [5, 5.41) is 1.42. The van der Waals surface area contributed by atoms with Crippen LogP contribution in [0.15, 0.2) is 22.2 Å². The number of hydrogen-bond donors (Lipinski definition) is 0. The predicted octanol–water partition coefficient (Wildman–Crippen LogP) is 4.05. The number of hydrogen-bond acceptors (Lipinski definition) is 0. The molecule has 0 unspecified atom stereocenters. The van der Waals surface area contributed by atoms with Gasteiger partial charge in [0.1, 0.15) is 0 Å². The smallest absolute Gasteiger partial charge is 0.0326 e. The lowest BCUT2D eigenvalue weighted by molar-refractivity contribution is 0.965. The van der Waals surface area contributed by atoms with E-state index in [2.05, 4.69) is 6.58 Å². The van der Waals surface area contributed by atoms with Crippen molar-refractivity contribution in [1.29, 1.82) is 0 Å². The predicted molar refractivity (Wildman–Crippen MR) is 48.5 cm³/mol. The number of allylic oxidation sites excluding steroid dienone is 3. The van der Waals surface area contributed by atoms with Crippen molar-refractivity contribution in [1.82, 2.24) is 0 Å². The molecule has 0 aliphatic heterocycles. The van der Waals surface area contributed by atoms with Crippen LogP contribution in [0.1, 0.15) is 26.7 Å². The summed E-state index contributed by atoms with van der Waals surface area (Å²) in [6, 6.07) is 0. The molecule has 0 spiro atoms. The van der Waals surface area contributed by atoms with Gasteiger partial charge in [0.2, 0.25) is 0 Å². The highest BCUT2D eigenvalue weighted by atomic mass is 35.5. The van der Waals surface area contributed by atoms with Crippen LogP contribution in [0.5, 0.6) is 0 Å². The van der Waals surface area contributed by atoms with Crippen molar-refractivity contribution in [2.24, 2.45) is 0 Å². The van der Waals surface area contributed by atoms with Gasteiger partial charge in [0.15, 0.2) is 0 Å². The highest BCUT2D eigenvalue weighted by molar-refractivity contribution is 6.38. The van der Waals surface area contributed by atoms with Gasteiger partial charge in [0, 0.05) is 10.1 Å². The first-order chi connectivity index (χ1) is 4.54. The molecule has 0 N–H and O–H groups in total. The van der Waals surface area contributed by atoms with E-state index in [1.165, 1.54) is 0 Å². The summed E-state index contributed by atoms with van der Waals surface area (Å²) in [4.78, 5) is 0. The van der Waals surface area contributed by atoms with E-state index in [1.807, 2.05) is 6.92 Å². The van der Waals surface area contributed by atoms with E-state index in [0.29, 0.717) is 5.03 Å². The van der Waals surface area contributed by atoms with Gasteiger partial charge in [-0.3, -0.25) is 0 Å². The molecule has 0 aromatic heterocycles. The summed E-state index contributed by atoms with van der Waals surface area (Å²) in [6.45, 7) is 7.54. The third-order valence-electron chi connectivity index (χ3n) is 1.15. The maximum absolute atomic E-state index is 5.77. The van der Waals surface area contributed by atoms with Crippen LogP contribution in [0.4, 0.5) is 0 Å². The van der Waals surface area contributed by atoms with E-state index < -0.39 is 0 Å². The van der Waals surface area contributed by atoms with Crippen molar-refractivity contribution in [3.05, 3.63) is 22.2 Å². The van der Waals surface area contributed by atoms with Crippen LogP contribution >= 0.6 is 23.2 Å². The minimum Gasteiger partial charge on any atom is -0.100 e. The number of rotatable bonds is 3. The fraction of sp³-hybridized carbons (Fsp3) is 0.500. The third kappa shape index (κ3) is 4.89. The van der Waals surface area contributed by atoms with Crippen LogP contribution in [-0.4, -0.2) is 0 Å². The Kier molecular flexibility index (Phi) is 4.84. The molecular weight excluding hydrogens is 167 g/mol. The lowest BCUT2D eigenvalue weighted by atomic mass is 10.2. The molecule has 10 heavy (non-hydrogen) atoms. The van der Waals surface area contributed by atoms with Crippen LogP contribution in [-0.2, 0) is 0 Å². The monoisotopic (exact) mass is 178 g/mol. The zero-order valence-electron chi connectivity index (χ0n) is 6.38. The Balaban J connectivity index is 3.71. The molecule has 0 bridgehead atoms. The minimum atomic E-state index is 0.683. The molecule has 0 nitrogen and oxygen atoms in total. The van der Waals surface area contributed by atoms with Crippen molar-refractivity contribution >= 4 is 23.2 Å². The first-order valence-electron chi connectivity index (χ1n) is 3.19. The molecule has 0 saturated carbocycles. The quantitative estimate of drug-likeness (QED) is 0.573. The van der Waals surface area contributed by atoms with Crippen molar-refractivity contribution in [2.75, 3.05) is 0 Å². The fourth-order valence-corrected chi connectivity index (χ4v) is 0.684. The second-order valence-corrected chi connectivity index (χ2v) is 3.42. The largest absolute Gasteiger partial charge is 0.100 e. The molecule has 0 amide bonds. The van der Waals surface area contributed by atoms with Crippen LogP contribution in [0.3, 0.4) is 0 Å². The molecule has 58 valence electrons. The first-order valence-corrected chi connectivity index (χ1v) is 3.94. The van der Waals surface area contributed by atoms with Crippen molar-refractivity contribution < 1.29 is 0 Å². The lowest BCUT2D eigenvalue weighted by Crippen LogP contribution is -1.78. The highest BCUT2D eigenvalue weighted by Gasteiger charge is 1.96. The van der Waals surface area contributed by atoms with Gasteiger partial charge in [-0.25, -0.2) is 0 Å². The van der Waals surface area contributed by atoms with Crippen LogP contribution in [0, 0.1) is 0 Å². The molecule has 0 aliphatic carbocycles. The van der Waals surface area contributed by atoms with Crippen LogP contribution in [0.2, 0.25) is 0 Å². The average Bonchev–Trinajstić information content (AvgIpc) is 1.82. The number of halogens is 2. The van der Waals surface area contributed by atoms with Gasteiger partial charge in [0.05, 0.1) is 0 Å². The second-order valence-electron chi connectivity index (χ2n) is 2.40. The molecule has 0 fully saturated rings. The van der Waals surface area contributed by atoms with E-state index >= 15 is 0 Å².